The van der Waals surface area contributed by atoms with Crippen molar-refractivity contribution in [1.29, 1.82) is 0 Å². The molecule has 0 saturated heterocycles. The number of esters is 1. The van der Waals surface area contributed by atoms with Gasteiger partial charge in [0.1, 0.15) is 5.75 Å². The summed E-state index contributed by atoms with van der Waals surface area (Å²) in [4.78, 5) is 16.0. The first-order chi connectivity index (χ1) is 10.7. The lowest BCUT2D eigenvalue weighted by Crippen LogP contribution is -2.08. The maximum Gasteiger partial charge on any atom is 0.343 e. The summed E-state index contributed by atoms with van der Waals surface area (Å²) in [6, 6.07) is 18.3. The van der Waals surface area contributed by atoms with Crippen molar-refractivity contribution in [3.8, 4) is 16.9 Å². The molecular weight excluding hydrogens is 298 g/mol. The lowest BCUT2D eigenvalue weighted by molar-refractivity contribution is 0.0734. The Bertz CT molecular complexity index is 789. The lowest BCUT2D eigenvalue weighted by atomic mass is 10.0. The number of pyridine rings is 1. The van der Waals surface area contributed by atoms with E-state index in [0.29, 0.717) is 16.3 Å². The Labute approximate surface area is 133 Å². The van der Waals surface area contributed by atoms with Crippen molar-refractivity contribution >= 4 is 17.6 Å². The largest absolute Gasteiger partial charge is 0.421 e. The topological polar surface area (TPSA) is 39.2 Å². The molecule has 2 aromatic carbocycles. The highest BCUT2D eigenvalue weighted by Gasteiger charge is 2.12. The van der Waals surface area contributed by atoms with E-state index in [1.54, 1.807) is 30.5 Å². The van der Waals surface area contributed by atoms with E-state index in [1.165, 1.54) is 6.20 Å². The number of ether oxygens (including phenoxy) is 1. The first kappa shape index (κ1) is 14.3. The van der Waals surface area contributed by atoms with Crippen LogP contribution in [0.1, 0.15) is 10.4 Å². The summed E-state index contributed by atoms with van der Waals surface area (Å²) in [6.45, 7) is 0. The highest BCUT2D eigenvalue weighted by Crippen LogP contribution is 2.28. The number of hydrogen-bond acceptors (Lipinski definition) is 3. The summed E-state index contributed by atoms with van der Waals surface area (Å²) in [5, 5.41) is 0.506. The monoisotopic (exact) mass is 309 g/mol. The van der Waals surface area contributed by atoms with Gasteiger partial charge < -0.3 is 4.74 Å². The van der Waals surface area contributed by atoms with Crippen LogP contribution < -0.4 is 4.74 Å². The van der Waals surface area contributed by atoms with Crippen molar-refractivity contribution in [3.63, 3.8) is 0 Å². The summed E-state index contributed by atoms with van der Waals surface area (Å²) in [5.74, 6) is -0.0646. The zero-order valence-corrected chi connectivity index (χ0v) is 12.3. The normalized spacial score (nSPS) is 10.2. The number of halogens is 1. The molecule has 0 N–H and O–H groups in total. The van der Waals surface area contributed by atoms with E-state index >= 15 is 0 Å². The smallest absolute Gasteiger partial charge is 0.343 e. The van der Waals surface area contributed by atoms with Crippen LogP contribution in [0.15, 0.2) is 73.1 Å². The van der Waals surface area contributed by atoms with Gasteiger partial charge in [-0.1, -0.05) is 48.0 Å². The first-order valence-corrected chi connectivity index (χ1v) is 7.09. The number of rotatable bonds is 3. The van der Waals surface area contributed by atoms with E-state index in [9.17, 15) is 4.79 Å². The van der Waals surface area contributed by atoms with Crippen LogP contribution in [0.3, 0.4) is 0 Å². The summed E-state index contributed by atoms with van der Waals surface area (Å²) < 4.78 is 5.24. The van der Waals surface area contributed by atoms with Gasteiger partial charge in [0.05, 0.1) is 11.8 Å². The third-order valence-electron chi connectivity index (χ3n) is 3.13. The molecule has 0 bridgehead atoms. The van der Waals surface area contributed by atoms with Gasteiger partial charge in [-0.2, -0.15) is 0 Å². The van der Waals surface area contributed by atoms with E-state index in [2.05, 4.69) is 4.98 Å². The average Bonchev–Trinajstić information content (AvgIpc) is 2.56. The molecule has 3 nitrogen and oxygen atoms in total. The third kappa shape index (κ3) is 3.15. The van der Waals surface area contributed by atoms with Gasteiger partial charge in [0.15, 0.2) is 0 Å². The minimum absolute atomic E-state index is 0.397. The second kappa shape index (κ2) is 6.41. The molecule has 1 heterocycles. The van der Waals surface area contributed by atoms with Crippen LogP contribution in [0.2, 0.25) is 5.02 Å². The van der Waals surface area contributed by atoms with Gasteiger partial charge in [-0.15, -0.1) is 0 Å². The van der Waals surface area contributed by atoms with Crippen LogP contribution in [0.5, 0.6) is 5.75 Å². The Kier molecular flexibility index (Phi) is 4.17. The highest BCUT2D eigenvalue weighted by atomic mass is 35.5. The third-order valence-corrected chi connectivity index (χ3v) is 3.45. The summed E-state index contributed by atoms with van der Waals surface area (Å²) in [6.07, 6.45) is 3.10. The van der Waals surface area contributed by atoms with E-state index < -0.39 is 5.97 Å². The molecule has 0 saturated carbocycles. The van der Waals surface area contributed by atoms with Gasteiger partial charge in [-0.3, -0.25) is 4.98 Å². The van der Waals surface area contributed by atoms with Crippen molar-refractivity contribution in [2.24, 2.45) is 0 Å². The Morgan fingerprint density at radius 2 is 1.82 bits per heavy atom. The molecule has 0 aliphatic rings. The quantitative estimate of drug-likeness (QED) is 0.663. The number of carbonyl (C=O) groups is 1. The summed E-state index contributed by atoms with van der Waals surface area (Å²) in [5.41, 5.74) is 2.27. The van der Waals surface area contributed by atoms with Crippen molar-refractivity contribution in [2.75, 3.05) is 0 Å². The molecular formula is C18H12ClNO2. The second-order valence-electron chi connectivity index (χ2n) is 4.64. The zero-order chi connectivity index (χ0) is 15.4. The van der Waals surface area contributed by atoms with Crippen molar-refractivity contribution < 1.29 is 9.53 Å². The Morgan fingerprint density at radius 1 is 1.00 bits per heavy atom. The molecule has 3 rings (SSSR count). The highest BCUT2D eigenvalue weighted by molar-refractivity contribution is 6.33. The van der Waals surface area contributed by atoms with Crippen LogP contribution in [0.25, 0.3) is 11.1 Å². The molecule has 0 spiro atoms. The van der Waals surface area contributed by atoms with Gasteiger partial charge in [0, 0.05) is 16.8 Å². The van der Waals surface area contributed by atoms with Gasteiger partial charge in [-0.25, -0.2) is 4.79 Å². The Morgan fingerprint density at radius 3 is 2.50 bits per heavy atom. The van der Waals surface area contributed by atoms with Crippen LogP contribution in [-0.2, 0) is 0 Å². The molecule has 0 unspecified atom stereocenters. The van der Waals surface area contributed by atoms with Crippen molar-refractivity contribution in [3.05, 3.63) is 83.6 Å². The number of benzene rings is 2. The molecule has 0 aliphatic carbocycles. The molecule has 0 atom stereocenters. The fraction of sp³-hybridized carbons (Fsp3) is 0. The van der Waals surface area contributed by atoms with E-state index in [1.807, 2.05) is 36.4 Å². The van der Waals surface area contributed by atoms with E-state index in [4.69, 9.17) is 16.3 Å². The Hall–Kier alpha value is -2.65. The van der Waals surface area contributed by atoms with Crippen LogP contribution in [0, 0.1) is 0 Å². The lowest BCUT2D eigenvalue weighted by Gasteiger charge is -2.07. The average molecular weight is 310 g/mol. The SMILES string of the molecule is O=C(Oc1cccnc1)c1ccc(-c2ccccc2)c(Cl)c1. The number of hydrogen-bond donors (Lipinski definition) is 0. The summed E-state index contributed by atoms with van der Waals surface area (Å²) >= 11 is 6.29. The molecule has 1 aromatic heterocycles. The second-order valence-corrected chi connectivity index (χ2v) is 5.05. The van der Waals surface area contributed by atoms with E-state index in [0.717, 1.165) is 11.1 Å². The number of aromatic nitrogens is 1. The fourth-order valence-corrected chi connectivity index (χ4v) is 2.36. The van der Waals surface area contributed by atoms with Gasteiger partial charge in [0.2, 0.25) is 0 Å². The van der Waals surface area contributed by atoms with Gasteiger partial charge in [0.25, 0.3) is 0 Å². The molecule has 108 valence electrons. The maximum absolute atomic E-state index is 12.1. The van der Waals surface area contributed by atoms with Crippen LogP contribution in [0.4, 0.5) is 0 Å². The standard InChI is InChI=1S/C18H12ClNO2/c19-17-11-14(18(21)22-15-7-4-10-20-12-15)8-9-16(17)13-5-2-1-3-6-13/h1-12H. The van der Waals surface area contributed by atoms with Crippen molar-refractivity contribution in [2.45, 2.75) is 0 Å². The molecule has 22 heavy (non-hydrogen) atoms. The molecule has 0 aliphatic heterocycles. The summed E-state index contributed by atoms with van der Waals surface area (Å²) in [7, 11) is 0. The van der Waals surface area contributed by atoms with Crippen LogP contribution in [-0.4, -0.2) is 11.0 Å². The molecule has 0 amide bonds. The maximum atomic E-state index is 12.1. The minimum atomic E-state index is -0.463. The molecule has 3 aromatic rings. The predicted molar refractivity (Wildman–Crippen MR) is 86.1 cm³/mol. The molecule has 0 radical (unpaired) electrons. The zero-order valence-electron chi connectivity index (χ0n) is 11.6. The molecule has 4 heteroatoms. The Balaban J connectivity index is 1.84. The molecule has 0 fully saturated rings. The first-order valence-electron chi connectivity index (χ1n) is 6.71. The van der Waals surface area contributed by atoms with Gasteiger partial charge in [-0.05, 0) is 29.8 Å². The fourth-order valence-electron chi connectivity index (χ4n) is 2.07. The van der Waals surface area contributed by atoms with Crippen molar-refractivity contribution in [1.82, 2.24) is 4.98 Å². The van der Waals surface area contributed by atoms with Gasteiger partial charge >= 0.3 is 5.97 Å². The van der Waals surface area contributed by atoms with E-state index in [-0.39, 0.29) is 0 Å². The van der Waals surface area contributed by atoms with Crippen LogP contribution >= 0.6 is 11.6 Å². The number of carbonyl (C=O) groups excluding carboxylic acids is 1. The minimum Gasteiger partial charge on any atom is -0.421 e. The number of nitrogens with zero attached hydrogens (tertiary/aromatic N) is 1. The predicted octanol–water partition coefficient (Wildman–Crippen LogP) is 4.62.